The van der Waals surface area contributed by atoms with Gasteiger partial charge in [0.1, 0.15) is 5.82 Å². The number of aliphatic carboxylic acids is 1. The zero-order chi connectivity index (χ0) is 16.7. The Morgan fingerprint density at radius 3 is 2.30 bits per heavy atom. The molecule has 5 nitrogen and oxygen atoms in total. The number of hydrogen-bond acceptors (Lipinski definition) is 2. The number of carbonyl (C=O) groups excluding carboxylic acids is 1. The number of nitrogens with one attached hydrogen (secondary N) is 2. The van der Waals surface area contributed by atoms with E-state index in [9.17, 15) is 14.0 Å². The second-order valence-corrected chi connectivity index (χ2v) is 4.75. The number of carbonyl (C=O) groups is 2. The molecule has 118 valence electrons. The van der Waals surface area contributed by atoms with Crippen LogP contribution in [0.4, 0.5) is 14.9 Å². The van der Waals surface area contributed by atoms with Gasteiger partial charge < -0.3 is 15.7 Å². The fourth-order valence-corrected chi connectivity index (χ4v) is 1.84. The molecular weight excluding hydrogens is 299 g/mol. The molecule has 0 unspecified atom stereocenters. The number of hydrogen-bond donors (Lipinski definition) is 3. The van der Waals surface area contributed by atoms with Crippen LogP contribution in [0.2, 0.25) is 0 Å². The van der Waals surface area contributed by atoms with Gasteiger partial charge in [0.2, 0.25) is 0 Å². The lowest BCUT2D eigenvalue weighted by atomic mass is 10.1. The first kappa shape index (κ1) is 16.2. The number of halogens is 1. The van der Waals surface area contributed by atoms with Crippen LogP contribution in [0.15, 0.2) is 54.7 Å². The van der Waals surface area contributed by atoms with Gasteiger partial charge in [-0.3, -0.25) is 4.79 Å². The number of anilines is 1. The maximum absolute atomic E-state index is 12.7. The van der Waals surface area contributed by atoms with Gasteiger partial charge in [0.05, 0.1) is 6.42 Å². The average molecular weight is 314 g/mol. The third kappa shape index (κ3) is 5.62. The molecule has 2 aromatic rings. The molecule has 0 aliphatic rings. The van der Waals surface area contributed by atoms with Crippen molar-refractivity contribution in [2.24, 2.45) is 0 Å². The normalized spacial score (nSPS) is 10.5. The predicted molar refractivity (Wildman–Crippen MR) is 85.4 cm³/mol. The largest absolute Gasteiger partial charge is 0.481 e. The lowest BCUT2D eigenvalue weighted by molar-refractivity contribution is -0.136. The summed E-state index contributed by atoms with van der Waals surface area (Å²) < 4.78 is 12.7. The Hall–Kier alpha value is -3.15. The van der Waals surface area contributed by atoms with Gasteiger partial charge in [0.15, 0.2) is 0 Å². The monoisotopic (exact) mass is 314 g/mol. The number of benzene rings is 2. The van der Waals surface area contributed by atoms with Gasteiger partial charge in [0, 0.05) is 11.9 Å². The summed E-state index contributed by atoms with van der Waals surface area (Å²) in [6.07, 6.45) is 3.02. The smallest absolute Gasteiger partial charge is 0.323 e. The van der Waals surface area contributed by atoms with Crippen LogP contribution in [-0.4, -0.2) is 17.1 Å². The second-order valence-electron chi connectivity index (χ2n) is 4.75. The SMILES string of the molecule is O=C(O)Cc1ccc(NC(=O)N/C=C/c2ccc(F)cc2)cc1. The van der Waals surface area contributed by atoms with Crippen molar-refractivity contribution < 1.29 is 19.1 Å². The third-order valence-corrected chi connectivity index (χ3v) is 2.93. The third-order valence-electron chi connectivity index (χ3n) is 2.93. The van der Waals surface area contributed by atoms with Crippen LogP contribution in [-0.2, 0) is 11.2 Å². The van der Waals surface area contributed by atoms with E-state index in [0.29, 0.717) is 11.3 Å². The predicted octanol–water partition coefficient (Wildman–Crippen LogP) is 3.25. The molecule has 2 amide bonds. The Bertz CT molecular complexity index is 710. The van der Waals surface area contributed by atoms with Crippen molar-refractivity contribution in [3.05, 3.63) is 71.7 Å². The minimum atomic E-state index is -0.908. The summed E-state index contributed by atoms with van der Waals surface area (Å²) in [4.78, 5) is 22.3. The summed E-state index contributed by atoms with van der Waals surface area (Å²) in [5, 5.41) is 13.8. The van der Waals surface area contributed by atoms with Gasteiger partial charge in [-0.2, -0.15) is 0 Å². The summed E-state index contributed by atoms with van der Waals surface area (Å²) in [6.45, 7) is 0. The molecule has 0 saturated carbocycles. The summed E-state index contributed by atoms with van der Waals surface area (Å²) in [7, 11) is 0. The molecule has 0 aliphatic heterocycles. The second kappa shape index (κ2) is 7.74. The maximum Gasteiger partial charge on any atom is 0.323 e. The van der Waals surface area contributed by atoms with E-state index in [4.69, 9.17) is 5.11 Å². The number of rotatable bonds is 5. The van der Waals surface area contributed by atoms with E-state index >= 15 is 0 Å². The Morgan fingerprint density at radius 2 is 1.70 bits per heavy atom. The van der Waals surface area contributed by atoms with E-state index < -0.39 is 12.0 Å². The molecule has 23 heavy (non-hydrogen) atoms. The highest BCUT2D eigenvalue weighted by atomic mass is 19.1. The molecule has 2 rings (SSSR count). The molecule has 0 aromatic heterocycles. The van der Waals surface area contributed by atoms with Crippen molar-refractivity contribution in [2.75, 3.05) is 5.32 Å². The minimum Gasteiger partial charge on any atom is -0.481 e. The van der Waals surface area contributed by atoms with Crippen molar-refractivity contribution in [3.63, 3.8) is 0 Å². The van der Waals surface area contributed by atoms with Crippen LogP contribution in [0.5, 0.6) is 0 Å². The van der Waals surface area contributed by atoms with Crippen LogP contribution in [0.3, 0.4) is 0 Å². The molecule has 0 spiro atoms. The Labute approximate surface area is 132 Å². The number of carboxylic acids is 1. The zero-order valence-corrected chi connectivity index (χ0v) is 12.1. The quantitative estimate of drug-likeness (QED) is 0.792. The Kier molecular flexibility index (Phi) is 5.46. The number of amides is 2. The van der Waals surface area contributed by atoms with Crippen molar-refractivity contribution in [3.8, 4) is 0 Å². The van der Waals surface area contributed by atoms with Crippen LogP contribution in [0, 0.1) is 5.82 Å². The highest BCUT2D eigenvalue weighted by Crippen LogP contribution is 2.10. The molecule has 0 saturated heterocycles. The maximum atomic E-state index is 12.7. The standard InChI is InChI=1S/C17H15FN2O3/c18-14-5-1-12(2-6-14)9-10-19-17(23)20-15-7-3-13(4-8-15)11-16(21)22/h1-10H,11H2,(H,21,22)(H2,19,20,23)/b10-9+. The van der Waals surface area contributed by atoms with Gasteiger partial charge in [-0.05, 0) is 41.5 Å². The molecule has 2 aromatic carbocycles. The summed E-state index contributed by atoms with van der Waals surface area (Å²) in [6, 6.07) is 11.9. The molecule has 0 fully saturated rings. The lowest BCUT2D eigenvalue weighted by Gasteiger charge is -2.05. The summed E-state index contributed by atoms with van der Waals surface area (Å²) >= 11 is 0. The first-order valence-corrected chi connectivity index (χ1v) is 6.83. The van der Waals surface area contributed by atoms with Crippen molar-refractivity contribution in [1.82, 2.24) is 5.32 Å². The van der Waals surface area contributed by atoms with Crippen molar-refractivity contribution >= 4 is 23.8 Å². The zero-order valence-electron chi connectivity index (χ0n) is 12.1. The van der Waals surface area contributed by atoms with Gasteiger partial charge in [-0.25, -0.2) is 9.18 Å². The number of carboxylic acid groups (broad SMARTS) is 1. The lowest BCUT2D eigenvalue weighted by Crippen LogP contribution is -2.23. The summed E-state index contributed by atoms with van der Waals surface area (Å²) in [5.74, 6) is -1.23. The molecule has 0 heterocycles. The van der Waals surface area contributed by atoms with Crippen molar-refractivity contribution in [2.45, 2.75) is 6.42 Å². The fourth-order valence-electron chi connectivity index (χ4n) is 1.84. The Morgan fingerprint density at radius 1 is 1.04 bits per heavy atom. The van der Waals surface area contributed by atoms with E-state index in [2.05, 4.69) is 10.6 Å². The molecular formula is C17H15FN2O3. The van der Waals surface area contributed by atoms with Crippen LogP contribution in [0.25, 0.3) is 6.08 Å². The molecule has 0 radical (unpaired) electrons. The molecule has 0 atom stereocenters. The first-order valence-electron chi connectivity index (χ1n) is 6.83. The summed E-state index contributed by atoms with van der Waals surface area (Å²) in [5.41, 5.74) is 1.95. The van der Waals surface area contributed by atoms with Crippen LogP contribution >= 0.6 is 0 Å². The van der Waals surface area contributed by atoms with E-state index in [0.717, 1.165) is 5.56 Å². The molecule has 0 aliphatic carbocycles. The molecule has 6 heteroatoms. The van der Waals surface area contributed by atoms with E-state index in [1.54, 1.807) is 42.5 Å². The highest BCUT2D eigenvalue weighted by molar-refractivity contribution is 5.90. The Balaban J connectivity index is 1.84. The van der Waals surface area contributed by atoms with E-state index in [-0.39, 0.29) is 12.2 Å². The number of urea groups is 1. The van der Waals surface area contributed by atoms with Crippen LogP contribution in [0.1, 0.15) is 11.1 Å². The fraction of sp³-hybridized carbons (Fsp3) is 0.0588. The van der Waals surface area contributed by atoms with Gasteiger partial charge in [-0.15, -0.1) is 0 Å². The van der Waals surface area contributed by atoms with E-state index in [1.807, 2.05) is 0 Å². The van der Waals surface area contributed by atoms with Gasteiger partial charge in [0.25, 0.3) is 0 Å². The van der Waals surface area contributed by atoms with Crippen LogP contribution < -0.4 is 10.6 Å². The van der Waals surface area contributed by atoms with Crippen molar-refractivity contribution in [1.29, 1.82) is 0 Å². The van der Waals surface area contributed by atoms with Gasteiger partial charge in [-0.1, -0.05) is 24.3 Å². The topological polar surface area (TPSA) is 78.4 Å². The average Bonchev–Trinajstić information content (AvgIpc) is 2.51. The van der Waals surface area contributed by atoms with Gasteiger partial charge >= 0.3 is 12.0 Å². The van der Waals surface area contributed by atoms with E-state index in [1.165, 1.54) is 18.3 Å². The highest BCUT2D eigenvalue weighted by Gasteiger charge is 2.02. The molecule has 3 N–H and O–H groups in total. The minimum absolute atomic E-state index is 0.0626. The molecule has 0 bridgehead atoms. The first-order chi connectivity index (χ1) is 11.0.